The first-order valence-electron chi connectivity index (χ1n) is 18.9. The van der Waals surface area contributed by atoms with Crippen molar-refractivity contribution in [2.75, 3.05) is 72.2 Å². The summed E-state index contributed by atoms with van der Waals surface area (Å²) in [5.74, 6) is -8.47. The maximum Gasteiger partial charge on any atom is 0.573 e. The van der Waals surface area contributed by atoms with Gasteiger partial charge in [0.2, 0.25) is 23.6 Å². The quantitative estimate of drug-likeness (QED) is 0.270. The number of phenolic OH excluding ortho intramolecular Hbond substituents is 1. The van der Waals surface area contributed by atoms with Crippen LogP contribution in [0.5, 0.6) is 11.5 Å². The molecule has 12 nitrogen and oxygen atoms in total. The third-order valence-electron chi connectivity index (χ3n) is 12.2. The lowest BCUT2D eigenvalue weighted by Crippen LogP contribution is -2.43. The minimum absolute atomic E-state index is 0.0332. The van der Waals surface area contributed by atoms with Crippen LogP contribution in [0.25, 0.3) is 0 Å². The third-order valence-corrected chi connectivity index (χ3v) is 12.2. The molecule has 56 heavy (non-hydrogen) atoms. The van der Waals surface area contributed by atoms with Gasteiger partial charge in [0.15, 0.2) is 0 Å². The number of fused-ring (bicyclic) bond motifs is 4. The summed E-state index contributed by atoms with van der Waals surface area (Å²) >= 11 is 0. The topological polar surface area (TPSA) is 129 Å². The highest BCUT2D eigenvalue weighted by molar-refractivity contribution is 6.24. The van der Waals surface area contributed by atoms with E-state index in [9.17, 15) is 37.5 Å². The number of morpholine rings is 2. The lowest BCUT2D eigenvalue weighted by Gasteiger charge is -2.44. The van der Waals surface area contributed by atoms with Crippen LogP contribution < -0.4 is 24.3 Å². The fourth-order valence-electron chi connectivity index (χ4n) is 9.69. The summed E-state index contributed by atoms with van der Waals surface area (Å²) in [6, 6.07) is 17.3. The molecule has 1 N–H and O–H groups in total. The van der Waals surface area contributed by atoms with Crippen molar-refractivity contribution >= 4 is 46.4 Å². The van der Waals surface area contributed by atoms with Crippen LogP contribution in [0.2, 0.25) is 0 Å². The number of amides is 4. The molecule has 4 saturated heterocycles. The van der Waals surface area contributed by atoms with Gasteiger partial charge in [0.05, 0.1) is 61.5 Å². The second kappa shape index (κ2) is 14.0. The zero-order valence-corrected chi connectivity index (χ0v) is 30.2. The van der Waals surface area contributed by atoms with Crippen molar-refractivity contribution in [3.63, 3.8) is 0 Å². The van der Waals surface area contributed by atoms with Gasteiger partial charge in [0, 0.05) is 49.0 Å². The SMILES string of the molecule is O=C1C2CC=C3C(CC4C(=O)N(c5ccc(N6CCOCC6)cc5)C(=O)C4C3c3cc(OC(F)(F)F)ccc3O)C2C(=O)N1c1ccc(N2CCOCC2)cc1. The van der Waals surface area contributed by atoms with Crippen molar-refractivity contribution in [1.29, 1.82) is 0 Å². The Labute approximate surface area is 320 Å². The predicted molar refractivity (Wildman–Crippen MR) is 196 cm³/mol. The van der Waals surface area contributed by atoms with Gasteiger partial charge in [-0.1, -0.05) is 11.6 Å². The number of allylic oxidation sites excluding steroid dienone is 2. The van der Waals surface area contributed by atoms with E-state index in [0.29, 0.717) is 69.6 Å². The van der Waals surface area contributed by atoms with Crippen molar-refractivity contribution in [2.45, 2.75) is 25.1 Å². The Kier molecular flexibility index (Phi) is 9.03. The first-order valence-corrected chi connectivity index (χ1v) is 18.9. The van der Waals surface area contributed by atoms with Gasteiger partial charge in [0.25, 0.3) is 0 Å². The molecule has 292 valence electrons. The summed E-state index contributed by atoms with van der Waals surface area (Å²) < 4.78 is 55.4. The number of alkyl halides is 3. The molecular formula is C41H39F3N4O8. The van der Waals surface area contributed by atoms with E-state index in [-0.39, 0.29) is 24.3 Å². The van der Waals surface area contributed by atoms with Gasteiger partial charge in [-0.2, -0.15) is 0 Å². The highest BCUT2D eigenvalue weighted by atomic mass is 19.4. The van der Waals surface area contributed by atoms with Crippen molar-refractivity contribution in [3.8, 4) is 11.5 Å². The minimum atomic E-state index is -5.03. The summed E-state index contributed by atoms with van der Waals surface area (Å²) in [6.45, 7) is 5.13. The molecule has 2 aliphatic carbocycles. The number of imide groups is 2. The maximum atomic E-state index is 14.6. The monoisotopic (exact) mass is 772 g/mol. The third kappa shape index (κ3) is 6.17. The second-order valence-corrected chi connectivity index (χ2v) is 15.0. The molecule has 0 bridgehead atoms. The normalized spacial score (nSPS) is 27.9. The highest BCUT2D eigenvalue weighted by Gasteiger charge is 2.62. The lowest BCUT2D eigenvalue weighted by molar-refractivity contribution is -0.274. The van der Waals surface area contributed by atoms with Gasteiger partial charge < -0.3 is 29.1 Å². The molecule has 3 aromatic carbocycles. The van der Waals surface area contributed by atoms with E-state index < -0.39 is 71.1 Å². The zero-order chi connectivity index (χ0) is 38.9. The predicted octanol–water partition coefficient (Wildman–Crippen LogP) is 5.01. The van der Waals surface area contributed by atoms with Crippen molar-refractivity contribution < 1.29 is 51.7 Å². The standard InChI is InChI=1S/C41H39F3N4O8/c42-41(43,44)56-27-9-12-33(49)31(21-27)34-28-10-11-29-35(39(52)47(37(29)50)25-5-1-23(2-6-25)45-13-17-54-18-14-45)30(28)22-32-36(34)40(53)48(38(32)51)26-7-3-24(4-8-26)46-15-19-55-20-16-46/h1-10,12,21,29-30,32,34-36,49H,11,13-20,22H2. The van der Waals surface area contributed by atoms with Gasteiger partial charge in [-0.3, -0.25) is 29.0 Å². The number of anilines is 4. The van der Waals surface area contributed by atoms with Crippen LogP contribution in [0, 0.1) is 29.6 Å². The summed E-state index contributed by atoms with van der Waals surface area (Å²) in [7, 11) is 0. The molecule has 6 unspecified atom stereocenters. The molecule has 4 aliphatic heterocycles. The Hall–Kier alpha value is -5.41. The zero-order valence-electron chi connectivity index (χ0n) is 30.2. The van der Waals surface area contributed by atoms with E-state index in [1.807, 2.05) is 24.3 Å². The van der Waals surface area contributed by atoms with Crippen molar-refractivity contribution in [3.05, 3.63) is 83.9 Å². The molecule has 6 atom stereocenters. The Balaban J connectivity index is 1.08. The van der Waals surface area contributed by atoms with Crippen molar-refractivity contribution in [2.24, 2.45) is 29.6 Å². The van der Waals surface area contributed by atoms with Gasteiger partial charge in [0.1, 0.15) is 11.5 Å². The average molecular weight is 773 g/mol. The number of carbonyl (C=O) groups excluding carboxylic acids is 4. The highest BCUT2D eigenvalue weighted by Crippen LogP contribution is 2.59. The van der Waals surface area contributed by atoms with Crippen LogP contribution in [0.15, 0.2) is 78.4 Å². The summed E-state index contributed by atoms with van der Waals surface area (Å²) in [4.78, 5) is 64.2. The molecule has 9 rings (SSSR count). The number of carbonyl (C=O) groups is 4. The molecule has 0 radical (unpaired) electrons. The smallest absolute Gasteiger partial charge is 0.508 e. The van der Waals surface area contributed by atoms with Crippen LogP contribution >= 0.6 is 0 Å². The van der Waals surface area contributed by atoms with Gasteiger partial charge in [-0.15, -0.1) is 13.2 Å². The molecule has 3 aromatic rings. The maximum absolute atomic E-state index is 14.6. The lowest BCUT2D eigenvalue weighted by atomic mass is 9.57. The van der Waals surface area contributed by atoms with E-state index in [4.69, 9.17) is 9.47 Å². The van der Waals surface area contributed by atoms with Gasteiger partial charge >= 0.3 is 6.36 Å². The van der Waals surface area contributed by atoms with E-state index in [0.717, 1.165) is 34.5 Å². The molecule has 1 saturated carbocycles. The molecule has 4 amide bonds. The van der Waals surface area contributed by atoms with E-state index in [2.05, 4.69) is 14.5 Å². The fourth-order valence-corrected chi connectivity index (χ4v) is 9.69. The molecular weight excluding hydrogens is 733 g/mol. The Morgan fingerprint density at radius 3 is 1.66 bits per heavy atom. The fraction of sp³-hybridized carbons (Fsp3) is 0.415. The molecule has 4 heterocycles. The van der Waals surface area contributed by atoms with Crippen molar-refractivity contribution in [1.82, 2.24) is 0 Å². The summed E-state index contributed by atoms with van der Waals surface area (Å²) in [5, 5.41) is 11.2. The Bertz CT molecular complexity index is 2100. The van der Waals surface area contributed by atoms with Gasteiger partial charge in [-0.05, 0) is 85.5 Å². The molecule has 15 heteroatoms. The number of halogens is 3. The van der Waals surface area contributed by atoms with Crippen LogP contribution in [0.1, 0.15) is 24.3 Å². The largest absolute Gasteiger partial charge is 0.573 e. The first kappa shape index (κ1) is 36.2. The first-order chi connectivity index (χ1) is 27.0. The Morgan fingerprint density at radius 2 is 1.12 bits per heavy atom. The number of nitrogens with zero attached hydrogens (tertiary/aromatic N) is 4. The molecule has 5 fully saturated rings. The summed E-state index contributed by atoms with van der Waals surface area (Å²) in [6.07, 6.45) is -3.07. The number of aromatic hydroxyl groups is 1. The van der Waals surface area contributed by atoms with E-state index in [1.165, 1.54) is 4.90 Å². The number of phenols is 1. The van der Waals surface area contributed by atoms with Gasteiger partial charge in [-0.25, -0.2) is 0 Å². The molecule has 0 spiro atoms. The van der Waals surface area contributed by atoms with Crippen LogP contribution in [-0.2, 0) is 28.7 Å². The van der Waals surface area contributed by atoms with Crippen LogP contribution in [0.3, 0.4) is 0 Å². The van der Waals surface area contributed by atoms with E-state index >= 15 is 0 Å². The number of hydrogen-bond donors (Lipinski definition) is 1. The molecule has 0 aromatic heterocycles. The Morgan fingerprint density at radius 1 is 0.625 bits per heavy atom. The minimum Gasteiger partial charge on any atom is -0.508 e. The average Bonchev–Trinajstić information content (AvgIpc) is 3.61. The summed E-state index contributed by atoms with van der Waals surface area (Å²) in [5.41, 5.74) is 3.06. The molecule has 6 aliphatic rings. The number of hydrogen-bond acceptors (Lipinski definition) is 10. The van der Waals surface area contributed by atoms with Crippen LogP contribution in [-0.4, -0.2) is 87.7 Å². The number of ether oxygens (including phenoxy) is 3. The number of benzene rings is 3. The van der Waals surface area contributed by atoms with E-state index in [1.54, 1.807) is 30.3 Å². The van der Waals surface area contributed by atoms with Crippen LogP contribution in [0.4, 0.5) is 35.9 Å². The second-order valence-electron chi connectivity index (χ2n) is 15.0. The number of rotatable bonds is 6.